The number of benzene rings is 2. The quantitative estimate of drug-likeness (QED) is 0.769. The van der Waals surface area contributed by atoms with E-state index >= 15 is 0 Å². The summed E-state index contributed by atoms with van der Waals surface area (Å²) in [5.41, 5.74) is 3.42. The predicted molar refractivity (Wildman–Crippen MR) is 116 cm³/mol. The number of hydrogen-bond acceptors (Lipinski definition) is 4. The number of nitrogens with one attached hydrogen (secondary N) is 2. The minimum absolute atomic E-state index is 0.240. The predicted octanol–water partition coefficient (Wildman–Crippen LogP) is 3.53. The average molecular weight is 403 g/mol. The van der Waals surface area contributed by atoms with Gasteiger partial charge in [0.2, 0.25) is 0 Å². The minimum atomic E-state index is -0.243. The van der Waals surface area contributed by atoms with Crippen molar-refractivity contribution in [2.45, 2.75) is 6.92 Å². The first-order valence-electron chi connectivity index (χ1n) is 8.84. The third kappa shape index (κ3) is 5.19. The van der Waals surface area contributed by atoms with Gasteiger partial charge in [0.1, 0.15) is 0 Å². The Balaban J connectivity index is 1.60. The molecule has 1 aliphatic heterocycles. The molecule has 0 atom stereocenters. The molecule has 2 N–H and O–H groups in total. The number of rotatable bonds is 3. The molecule has 0 aliphatic carbocycles. The maximum Gasteiger partial charge on any atom is 0.257 e. The van der Waals surface area contributed by atoms with Crippen LogP contribution < -0.4 is 15.5 Å². The van der Waals surface area contributed by atoms with Crippen LogP contribution in [0.15, 0.2) is 42.5 Å². The molecule has 0 saturated carbocycles. The largest absolute Gasteiger partial charge is 0.368 e. The summed E-state index contributed by atoms with van der Waals surface area (Å²) in [5.74, 6) is -0.243. The normalized spacial score (nSPS) is 14.7. The van der Waals surface area contributed by atoms with Crippen LogP contribution in [0.1, 0.15) is 15.9 Å². The van der Waals surface area contributed by atoms with Crippen molar-refractivity contribution in [3.8, 4) is 0 Å². The minimum Gasteiger partial charge on any atom is -0.368 e. The van der Waals surface area contributed by atoms with Crippen molar-refractivity contribution in [2.24, 2.45) is 0 Å². The smallest absolute Gasteiger partial charge is 0.257 e. The summed E-state index contributed by atoms with van der Waals surface area (Å²) >= 11 is 11.7. The van der Waals surface area contributed by atoms with Gasteiger partial charge in [0, 0.05) is 37.4 Å². The second-order valence-corrected chi connectivity index (χ2v) is 7.55. The van der Waals surface area contributed by atoms with Crippen LogP contribution in [-0.2, 0) is 0 Å². The molecule has 0 spiro atoms. The third-order valence-electron chi connectivity index (χ3n) is 4.59. The number of anilines is 2. The molecule has 2 aromatic rings. The molecule has 0 aromatic heterocycles. The Hall–Kier alpha value is -2.15. The Kier molecular flexibility index (Phi) is 6.31. The Morgan fingerprint density at radius 2 is 1.74 bits per heavy atom. The zero-order valence-electron chi connectivity index (χ0n) is 15.5. The van der Waals surface area contributed by atoms with E-state index in [9.17, 15) is 4.79 Å². The monoisotopic (exact) mass is 402 g/mol. The fraction of sp³-hybridized carbons (Fsp3) is 0.300. The second kappa shape index (κ2) is 8.69. The number of thiocarbonyl (C=S) groups is 1. The number of likely N-dealkylation sites (N-methyl/N-ethyl adjacent to an activating group) is 1. The Bertz CT molecular complexity index is 832. The number of nitrogens with zero attached hydrogens (tertiary/aromatic N) is 2. The summed E-state index contributed by atoms with van der Waals surface area (Å²) < 4.78 is 0. The maximum absolute atomic E-state index is 12.2. The van der Waals surface area contributed by atoms with Gasteiger partial charge in [-0.05, 0) is 56.5 Å². The lowest BCUT2D eigenvalue weighted by Gasteiger charge is -2.34. The van der Waals surface area contributed by atoms with E-state index in [1.807, 2.05) is 37.3 Å². The van der Waals surface area contributed by atoms with Gasteiger partial charge in [-0.2, -0.15) is 0 Å². The van der Waals surface area contributed by atoms with Crippen LogP contribution in [0.4, 0.5) is 11.4 Å². The van der Waals surface area contributed by atoms with Gasteiger partial charge in [0.15, 0.2) is 5.11 Å². The SMILES string of the molecule is Cc1ccc(C(=O)NC(=S)Nc2ccc(N3CCN(C)CC3)c(Cl)c2)cc1. The van der Waals surface area contributed by atoms with Crippen molar-refractivity contribution >= 4 is 46.2 Å². The summed E-state index contributed by atoms with van der Waals surface area (Å²) in [5, 5.41) is 6.61. The Morgan fingerprint density at radius 1 is 1.07 bits per heavy atom. The highest BCUT2D eigenvalue weighted by Gasteiger charge is 2.17. The van der Waals surface area contributed by atoms with E-state index in [2.05, 4.69) is 27.5 Å². The number of halogens is 1. The molecule has 0 unspecified atom stereocenters. The van der Waals surface area contributed by atoms with E-state index in [1.54, 1.807) is 12.1 Å². The molecular weight excluding hydrogens is 380 g/mol. The second-order valence-electron chi connectivity index (χ2n) is 6.73. The summed E-state index contributed by atoms with van der Waals surface area (Å²) in [6, 6.07) is 13.1. The number of carbonyl (C=O) groups is 1. The van der Waals surface area contributed by atoms with E-state index in [1.165, 1.54) is 0 Å². The highest BCUT2D eigenvalue weighted by molar-refractivity contribution is 7.80. The third-order valence-corrected chi connectivity index (χ3v) is 5.10. The van der Waals surface area contributed by atoms with Gasteiger partial charge < -0.3 is 15.1 Å². The molecule has 3 rings (SSSR count). The van der Waals surface area contributed by atoms with Gasteiger partial charge in [0.05, 0.1) is 10.7 Å². The summed E-state index contributed by atoms with van der Waals surface area (Å²) in [7, 11) is 2.12. The van der Waals surface area contributed by atoms with E-state index in [-0.39, 0.29) is 11.0 Å². The van der Waals surface area contributed by atoms with Crippen LogP contribution in [0.5, 0.6) is 0 Å². The van der Waals surface area contributed by atoms with Gasteiger partial charge in [-0.15, -0.1) is 0 Å². The van der Waals surface area contributed by atoms with E-state index in [0.29, 0.717) is 10.6 Å². The van der Waals surface area contributed by atoms with Gasteiger partial charge >= 0.3 is 0 Å². The van der Waals surface area contributed by atoms with Crippen molar-refractivity contribution in [1.82, 2.24) is 10.2 Å². The van der Waals surface area contributed by atoms with Crippen molar-refractivity contribution in [3.63, 3.8) is 0 Å². The Labute approximate surface area is 170 Å². The molecule has 1 amide bonds. The first-order valence-corrected chi connectivity index (χ1v) is 9.63. The topological polar surface area (TPSA) is 47.6 Å². The molecule has 0 radical (unpaired) electrons. The molecular formula is C20H23ClN4OS. The van der Waals surface area contributed by atoms with E-state index in [4.69, 9.17) is 23.8 Å². The molecule has 1 aliphatic rings. The van der Waals surface area contributed by atoms with Crippen LogP contribution in [0.3, 0.4) is 0 Å². The number of amides is 1. The molecule has 142 valence electrons. The number of piperazine rings is 1. The van der Waals surface area contributed by atoms with Gasteiger partial charge in [-0.1, -0.05) is 29.3 Å². The van der Waals surface area contributed by atoms with Gasteiger partial charge in [-0.25, -0.2) is 0 Å². The van der Waals surface area contributed by atoms with Crippen LogP contribution >= 0.6 is 23.8 Å². The van der Waals surface area contributed by atoms with Crippen LogP contribution in [0.2, 0.25) is 5.02 Å². The zero-order valence-corrected chi connectivity index (χ0v) is 17.0. The molecule has 1 heterocycles. The lowest BCUT2D eigenvalue weighted by Crippen LogP contribution is -2.44. The van der Waals surface area contributed by atoms with Crippen molar-refractivity contribution in [2.75, 3.05) is 43.4 Å². The van der Waals surface area contributed by atoms with Gasteiger partial charge in [0.25, 0.3) is 5.91 Å². The maximum atomic E-state index is 12.2. The molecule has 5 nitrogen and oxygen atoms in total. The first-order chi connectivity index (χ1) is 12.9. The lowest BCUT2D eigenvalue weighted by molar-refractivity contribution is 0.0977. The fourth-order valence-corrected chi connectivity index (χ4v) is 3.44. The first kappa shape index (κ1) is 19.6. The molecule has 0 bridgehead atoms. The standard InChI is InChI=1S/C20H23ClN4OS/c1-14-3-5-15(6-4-14)19(26)23-20(27)22-16-7-8-18(17(21)13-16)25-11-9-24(2)10-12-25/h3-8,13H,9-12H2,1-2H3,(H2,22,23,26,27). The summed E-state index contributed by atoms with van der Waals surface area (Å²) in [6.45, 7) is 5.92. The molecule has 7 heteroatoms. The average Bonchev–Trinajstić information content (AvgIpc) is 2.63. The molecule has 27 heavy (non-hydrogen) atoms. The lowest BCUT2D eigenvalue weighted by atomic mass is 10.1. The highest BCUT2D eigenvalue weighted by Crippen LogP contribution is 2.29. The van der Waals surface area contributed by atoms with E-state index in [0.717, 1.165) is 43.1 Å². The van der Waals surface area contributed by atoms with Gasteiger partial charge in [-0.3, -0.25) is 10.1 Å². The zero-order chi connectivity index (χ0) is 19.4. The van der Waals surface area contributed by atoms with Crippen LogP contribution in [0, 0.1) is 6.92 Å². The van der Waals surface area contributed by atoms with Crippen molar-refractivity contribution < 1.29 is 4.79 Å². The Morgan fingerprint density at radius 3 is 2.37 bits per heavy atom. The molecule has 1 fully saturated rings. The van der Waals surface area contributed by atoms with Crippen LogP contribution in [0.25, 0.3) is 0 Å². The number of hydrogen-bond donors (Lipinski definition) is 2. The fourth-order valence-electron chi connectivity index (χ4n) is 2.93. The van der Waals surface area contributed by atoms with Crippen LogP contribution in [-0.4, -0.2) is 49.1 Å². The number of aryl methyl sites for hydroxylation is 1. The number of carbonyl (C=O) groups excluding carboxylic acids is 1. The molecule has 1 saturated heterocycles. The summed E-state index contributed by atoms with van der Waals surface area (Å²) in [6.07, 6.45) is 0. The van der Waals surface area contributed by atoms with E-state index < -0.39 is 0 Å². The highest BCUT2D eigenvalue weighted by atomic mass is 35.5. The molecule has 2 aromatic carbocycles. The summed E-state index contributed by atoms with van der Waals surface area (Å²) in [4.78, 5) is 16.8. The van der Waals surface area contributed by atoms with Crippen molar-refractivity contribution in [1.29, 1.82) is 0 Å². The van der Waals surface area contributed by atoms with Crippen molar-refractivity contribution in [3.05, 3.63) is 58.6 Å².